The van der Waals surface area contributed by atoms with Gasteiger partial charge in [-0.25, -0.2) is 4.68 Å². The van der Waals surface area contributed by atoms with Crippen molar-refractivity contribution in [3.63, 3.8) is 0 Å². The molecule has 5 rings (SSSR count). The Balaban J connectivity index is 1.30. The van der Waals surface area contributed by atoms with Gasteiger partial charge in [0.05, 0.1) is 24.0 Å². The van der Waals surface area contributed by atoms with Gasteiger partial charge in [0.1, 0.15) is 6.04 Å². The number of carbonyl (C=O) groups excluding carboxylic acids is 4. The minimum absolute atomic E-state index is 0.0909. The maximum atomic E-state index is 12.9. The smallest absolute Gasteiger partial charge is 0.273 e. The summed E-state index contributed by atoms with van der Waals surface area (Å²) in [5, 5.41) is 13.5. The van der Waals surface area contributed by atoms with E-state index in [0.717, 1.165) is 18.4 Å². The third-order valence-electron chi connectivity index (χ3n) is 6.99. The topological polar surface area (TPSA) is 136 Å². The van der Waals surface area contributed by atoms with Gasteiger partial charge in [0.2, 0.25) is 11.8 Å². The molecule has 36 heavy (non-hydrogen) atoms. The molecule has 4 amide bonds. The van der Waals surface area contributed by atoms with E-state index >= 15 is 0 Å². The van der Waals surface area contributed by atoms with Crippen LogP contribution in [0.25, 0.3) is 5.69 Å². The summed E-state index contributed by atoms with van der Waals surface area (Å²) in [4.78, 5) is 51.1. The number of amides is 4. The molecule has 2 aromatic rings. The highest BCUT2D eigenvalue weighted by Crippen LogP contribution is 2.31. The number of hydrogen-bond donors (Lipinski definition) is 2. The first kappa shape index (κ1) is 24.1. The second-order valence-corrected chi connectivity index (χ2v) is 10.7. The molecule has 3 unspecified atom stereocenters. The molecule has 0 radical (unpaired) electrons. The number of fused-ring (bicyclic) bond motifs is 1. The largest absolute Gasteiger partial charge is 0.376 e. The van der Waals surface area contributed by atoms with Crippen molar-refractivity contribution in [2.45, 2.75) is 71.2 Å². The Morgan fingerprint density at radius 2 is 2.00 bits per heavy atom. The molecule has 0 saturated carbocycles. The lowest BCUT2D eigenvalue weighted by Crippen LogP contribution is -2.52. The molecule has 1 aromatic carbocycles. The van der Waals surface area contributed by atoms with Crippen LogP contribution in [0.15, 0.2) is 24.4 Å². The molecular formula is C25H30N6O5. The molecule has 3 aliphatic rings. The van der Waals surface area contributed by atoms with Gasteiger partial charge in [-0.05, 0) is 48.4 Å². The van der Waals surface area contributed by atoms with E-state index in [1.807, 2.05) is 0 Å². The van der Waals surface area contributed by atoms with Crippen LogP contribution < -0.4 is 10.6 Å². The van der Waals surface area contributed by atoms with Crippen molar-refractivity contribution in [1.82, 2.24) is 30.5 Å². The van der Waals surface area contributed by atoms with Gasteiger partial charge in [-0.1, -0.05) is 26.0 Å². The minimum atomic E-state index is -0.673. The molecule has 0 spiro atoms. The molecule has 0 aliphatic carbocycles. The van der Waals surface area contributed by atoms with Crippen LogP contribution in [0.1, 0.15) is 72.9 Å². The van der Waals surface area contributed by atoms with Gasteiger partial charge in [-0.15, -0.1) is 5.10 Å². The zero-order valence-electron chi connectivity index (χ0n) is 20.6. The van der Waals surface area contributed by atoms with Crippen LogP contribution in [-0.4, -0.2) is 68.3 Å². The highest BCUT2D eigenvalue weighted by atomic mass is 16.5. The molecule has 2 saturated heterocycles. The number of aromatic nitrogens is 3. The van der Waals surface area contributed by atoms with Gasteiger partial charge in [0.25, 0.3) is 11.8 Å². The van der Waals surface area contributed by atoms with Crippen LogP contribution >= 0.6 is 0 Å². The zero-order valence-corrected chi connectivity index (χ0v) is 20.6. The Labute approximate surface area is 208 Å². The highest BCUT2D eigenvalue weighted by molar-refractivity contribution is 6.05. The first-order chi connectivity index (χ1) is 17.1. The van der Waals surface area contributed by atoms with E-state index < -0.39 is 11.9 Å². The average Bonchev–Trinajstić information content (AvgIpc) is 3.44. The summed E-state index contributed by atoms with van der Waals surface area (Å²) in [6.07, 6.45) is 3.70. The van der Waals surface area contributed by atoms with Crippen LogP contribution in [0.2, 0.25) is 0 Å². The Hall–Kier alpha value is -3.60. The minimum Gasteiger partial charge on any atom is -0.376 e. The summed E-state index contributed by atoms with van der Waals surface area (Å²) in [5.41, 5.74) is 1.98. The van der Waals surface area contributed by atoms with E-state index in [1.54, 1.807) is 24.4 Å². The quantitative estimate of drug-likeness (QED) is 0.613. The predicted octanol–water partition coefficient (Wildman–Crippen LogP) is 1.35. The van der Waals surface area contributed by atoms with Gasteiger partial charge in [0, 0.05) is 25.1 Å². The van der Waals surface area contributed by atoms with Crippen LogP contribution in [0.3, 0.4) is 0 Å². The molecule has 1 aromatic heterocycles. The van der Waals surface area contributed by atoms with E-state index in [-0.39, 0.29) is 53.9 Å². The normalized spacial score (nSPS) is 24.5. The Kier molecular flexibility index (Phi) is 6.11. The maximum absolute atomic E-state index is 12.9. The number of hydrogen-bond acceptors (Lipinski definition) is 7. The summed E-state index contributed by atoms with van der Waals surface area (Å²) in [6, 6.07) is 4.44. The fourth-order valence-corrected chi connectivity index (χ4v) is 5.22. The summed E-state index contributed by atoms with van der Waals surface area (Å²) in [6.45, 7) is 7.23. The number of carbonyl (C=O) groups is 4. The summed E-state index contributed by atoms with van der Waals surface area (Å²) in [7, 11) is 0. The van der Waals surface area contributed by atoms with Gasteiger partial charge >= 0.3 is 0 Å². The second kappa shape index (κ2) is 9.12. The molecule has 0 bridgehead atoms. The number of rotatable bonds is 4. The van der Waals surface area contributed by atoms with Crippen molar-refractivity contribution >= 4 is 23.6 Å². The standard InChI is InChI=1S/C25H30N6O5/c1-25(2,3)21-17(5-4-10-36-21)26-22(33)18-13-31(29-28-18)15-6-7-16-14(11-15)12-30(24(16)35)19-8-9-20(32)27-23(19)34/h6-7,11,13,17,19,21H,4-5,8-10,12H2,1-3H3,(H,26,33)(H,27,32,34). The molecule has 2 fully saturated rings. The number of imide groups is 1. The third kappa shape index (κ3) is 4.50. The van der Waals surface area contributed by atoms with E-state index in [4.69, 9.17) is 4.74 Å². The van der Waals surface area contributed by atoms with E-state index in [1.165, 1.54) is 9.58 Å². The Morgan fingerprint density at radius 3 is 2.75 bits per heavy atom. The van der Waals surface area contributed by atoms with Crippen LogP contribution in [0.5, 0.6) is 0 Å². The molecular weight excluding hydrogens is 464 g/mol. The number of ether oxygens (including phenoxy) is 1. The third-order valence-corrected chi connectivity index (χ3v) is 6.99. The maximum Gasteiger partial charge on any atom is 0.273 e. The van der Waals surface area contributed by atoms with Gasteiger partial charge in [-0.3, -0.25) is 24.5 Å². The average molecular weight is 495 g/mol. The zero-order chi connectivity index (χ0) is 25.6. The SMILES string of the molecule is CC(C)(C)C1OCCCC1NC(=O)c1cn(-c2ccc3c(c2)CN(C2CCC(=O)NC2=O)C3=O)nn1. The monoisotopic (exact) mass is 494 g/mol. The van der Waals surface area contributed by atoms with Crippen molar-refractivity contribution in [3.05, 3.63) is 41.2 Å². The van der Waals surface area contributed by atoms with Crippen molar-refractivity contribution in [1.29, 1.82) is 0 Å². The lowest BCUT2D eigenvalue weighted by Gasteiger charge is -2.40. The number of nitrogens with one attached hydrogen (secondary N) is 2. The number of nitrogens with zero attached hydrogens (tertiary/aromatic N) is 4. The van der Waals surface area contributed by atoms with Gasteiger partial charge in [-0.2, -0.15) is 0 Å². The van der Waals surface area contributed by atoms with E-state index in [9.17, 15) is 19.2 Å². The predicted molar refractivity (Wildman–Crippen MR) is 127 cm³/mol. The van der Waals surface area contributed by atoms with Crippen molar-refractivity contribution in [2.75, 3.05) is 6.61 Å². The van der Waals surface area contributed by atoms with Crippen molar-refractivity contribution < 1.29 is 23.9 Å². The lowest BCUT2D eigenvalue weighted by molar-refractivity contribution is -0.136. The summed E-state index contributed by atoms with van der Waals surface area (Å²) in [5.74, 6) is -1.32. The molecule has 11 nitrogen and oxygen atoms in total. The molecule has 190 valence electrons. The first-order valence-corrected chi connectivity index (χ1v) is 12.2. The first-order valence-electron chi connectivity index (χ1n) is 12.2. The van der Waals surface area contributed by atoms with Crippen LogP contribution in [0.4, 0.5) is 0 Å². The summed E-state index contributed by atoms with van der Waals surface area (Å²) >= 11 is 0. The molecule has 2 N–H and O–H groups in total. The van der Waals surface area contributed by atoms with Gasteiger partial charge < -0.3 is 15.0 Å². The number of piperidine rings is 1. The fourth-order valence-electron chi connectivity index (χ4n) is 5.22. The molecule has 4 heterocycles. The van der Waals surface area contributed by atoms with Crippen LogP contribution in [-0.2, 0) is 20.9 Å². The molecule has 3 aliphatic heterocycles. The Morgan fingerprint density at radius 1 is 1.19 bits per heavy atom. The second-order valence-electron chi connectivity index (χ2n) is 10.7. The Bertz CT molecular complexity index is 1230. The van der Waals surface area contributed by atoms with E-state index in [2.05, 4.69) is 41.7 Å². The van der Waals surface area contributed by atoms with E-state index in [0.29, 0.717) is 24.3 Å². The van der Waals surface area contributed by atoms with Crippen molar-refractivity contribution in [2.24, 2.45) is 5.41 Å². The fraction of sp³-hybridized carbons (Fsp3) is 0.520. The number of benzene rings is 1. The van der Waals surface area contributed by atoms with Crippen molar-refractivity contribution in [3.8, 4) is 5.69 Å². The lowest BCUT2D eigenvalue weighted by atomic mass is 9.81. The van der Waals surface area contributed by atoms with Crippen LogP contribution in [0, 0.1) is 5.41 Å². The molecule has 3 atom stereocenters. The molecule has 11 heteroatoms. The summed E-state index contributed by atoms with van der Waals surface area (Å²) < 4.78 is 7.45. The highest BCUT2D eigenvalue weighted by Gasteiger charge is 2.39. The van der Waals surface area contributed by atoms with Gasteiger partial charge in [0.15, 0.2) is 5.69 Å².